The molecule has 0 bridgehead atoms. The van der Waals surface area contributed by atoms with Crippen LogP contribution in [0.1, 0.15) is 5.56 Å². The van der Waals surface area contributed by atoms with Crippen LogP contribution in [0.3, 0.4) is 0 Å². The summed E-state index contributed by atoms with van der Waals surface area (Å²) in [6.45, 7) is 0.735. The molecule has 2 aromatic rings. The Balaban J connectivity index is 2.25. The highest BCUT2D eigenvalue weighted by Gasteiger charge is 2.17. The summed E-state index contributed by atoms with van der Waals surface area (Å²) in [5.41, 5.74) is 6.27. The molecule has 0 spiro atoms. The van der Waals surface area contributed by atoms with E-state index in [9.17, 15) is 10.1 Å². The van der Waals surface area contributed by atoms with Crippen LogP contribution in [0.25, 0.3) is 0 Å². The molecule has 0 amide bonds. The average molecular weight is 295 g/mol. The fraction of sp³-hybridized carbons (Fsp3) is 0.273. The molecule has 106 valence electrons. The molecule has 9 heteroatoms. The summed E-state index contributed by atoms with van der Waals surface area (Å²) in [6, 6.07) is 1.95. The van der Waals surface area contributed by atoms with Gasteiger partial charge in [0.15, 0.2) is 0 Å². The number of hydrogen-bond donors (Lipinski definition) is 2. The van der Waals surface area contributed by atoms with Crippen LogP contribution in [-0.4, -0.2) is 33.1 Å². The van der Waals surface area contributed by atoms with Crippen LogP contribution < -0.4 is 10.6 Å². The molecular formula is C11H13N5O3S. The van der Waals surface area contributed by atoms with Crippen molar-refractivity contribution < 1.29 is 10.0 Å². The van der Waals surface area contributed by atoms with Gasteiger partial charge in [-0.3, -0.25) is 10.1 Å². The fourth-order valence-electron chi connectivity index (χ4n) is 1.65. The van der Waals surface area contributed by atoms with Crippen molar-refractivity contribution in [1.29, 1.82) is 0 Å². The zero-order valence-electron chi connectivity index (χ0n) is 10.5. The highest BCUT2D eigenvalue weighted by atomic mass is 32.1. The third-order valence-corrected chi connectivity index (χ3v) is 3.32. The van der Waals surface area contributed by atoms with Crippen LogP contribution in [0, 0.1) is 10.1 Å². The molecule has 0 unspecified atom stereocenters. The van der Waals surface area contributed by atoms with Crippen LogP contribution in [0.15, 0.2) is 23.0 Å². The molecule has 0 aliphatic heterocycles. The molecule has 0 saturated carbocycles. The summed E-state index contributed by atoms with van der Waals surface area (Å²) in [4.78, 5) is 19.6. The Bertz CT molecular complexity index is 590. The van der Waals surface area contributed by atoms with Gasteiger partial charge in [-0.05, 0) is 22.4 Å². The number of rotatable bonds is 6. The molecule has 0 fully saturated rings. The van der Waals surface area contributed by atoms with Gasteiger partial charge in [0.25, 0.3) is 0 Å². The van der Waals surface area contributed by atoms with Crippen molar-refractivity contribution in [2.24, 2.45) is 0 Å². The predicted molar refractivity (Wildman–Crippen MR) is 75.6 cm³/mol. The number of thiophene rings is 1. The molecule has 2 aromatic heterocycles. The molecule has 0 aliphatic rings. The molecule has 0 saturated heterocycles. The molecule has 0 atom stereocenters. The highest BCUT2D eigenvalue weighted by molar-refractivity contribution is 7.07. The normalized spacial score (nSPS) is 10.4. The molecule has 0 aliphatic carbocycles. The minimum Gasteiger partial charge on any atom is -0.395 e. The van der Waals surface area contributed by atoms with Gasteiger partial charge in [0, 0.05) is 13.1 Å². The number of aliphatic hydroxyl groups is 1. The third-order valence-electron chi connectivity index (χ3n) is 2.59. The van der Waals surface area contributed by atoms with Gasteiger partial charge in [-0.15, -0.1) is 0 Å². The number of nitrogens with two attached hydrogens (primary N) is 1. The zero-order valence-corrected chi connectivity index (χ0v) is 11.3. The number of aliphatic hydroxyl groups excluding tert-OH is 1. The first kappa shape index (κ1) is 14.2. The first-order valence-corrected chi connectivity index (χ1v) is 6.70. The lowest BCUT2D eigenvalue weighted by Crippen LogP contribution is -2.28. The Hall–Kier alpha value is -2.26. The van der Waals surface area contributed by atoms with Crippen LogP contribution in [-0.2, 0) is 6.54 Å². The minimum absolute atomic E-state index is 0.0790. The molecule has 2 rings (SSSR count). The molecule has 0 radical (unpaired) electrons. The van der Waals surface area contributed by atoms with Crippen LogP contribution in [0.5, 0.6) is 0 Å². The number of anilines is 2. The fourth-order valence-corrected chi connectivity index (χ4v) is 2.31. The first-order chi connectivity index (χ1) is 9.61. The van der Waals surface area contributed by atoms with Gasteiger partial charge < -0.3 is 15.7 Å². The van der Waals surface area contributed by atoms with E-state index in [1.165, 1.54) is 0 Å². The lowest BCUT2D eigenvalue weighted by Gasteiger charge is -2.21. The van der Waals surface area contributed by atoms with Crippen molar-refractivity contribution in [3.63, 3.8) is 0 Å². The predicted octanol–water partition coefficient (Wildman–Crippen LogP) is 1.03. The van der Waals surface area contributed by atoms with Crippen LogP contribution in [0.4, 0.5) is 17.5 Å². The van der Waals surface area contributed by atoms with E-state index in [4.69, 9.17) is 10.8 Å². The van der Waals surface area contributed by atoms with Crippen LogP contribution in [0.2, 0.25) is 0 Å². The smallest absolute Gasteiger partial charge is 0.329 e. The second-order valence-electron chi connectivity index (χ2n) is 3.97. The number of hydrogen-bond acceptors (Lipinski definition) is 8. The summed E-state index contributed by atoms with van der Waals surface area (Å²) in [5, 5.41) is 23.7. The Morgan fingerprint density at radius 2 is 2.35 bits per heavy atom. The number of aromatic nitrogens is 2. The second kappa shape index (κ2) is 6.26. The van der Waals surface area contributed by atoms with E-state index in [0.29, 0.717) is 13.1 Å². The topological polar surface area (TPSA) is 118 Å². The summed E-state index contributed by atoms with van der Waals surface area (Å²) in [7, 11) is 0. The Kier molecular flexibility index (Phi) is 4.43. The minimum atomic E-state index is -0.631. The molecule has 8 nitrogen and oxygen atoms in total. The largest absolute Gasteiger partial charge is 0.395 e. The van der Waals surface area contributed by atoms with Gasteiger partial charge >= 0.3 is 5.69 Å². The van der Waals surface area contributed by atoms with Gasteiger partial charge in [0.2, 0.25) is 11.8 Å². The first-order valence-electron chi connectivity index (χ1n) is 5.75. The molecule has 0 aromatic carbocycles. The summed E-state index contributed by atoms with van der Waals surface area (Å²) >= 11 is 1.56. The van der Waals surface area contributed by atoms with Crippen molar-refractivity contribution in [2.45, 2.75) is 6.54 Å². The lowest BCUT2D eigenvalue weighted by atomic mass is 10.3. The standard InChI is InChI=1S/C11H13N5O3S/c12-10-9(16(18)19)5-13-11(14-10)15(2-3-17)6-8-1-4-20-7-8/h1,4-5,7,17H,2-3,6H2,(H2,12,13,14). The lowest BCUT2D eigenvalue weighted by molar-refractivity contribution is -0.384. The Labute approximate surface area is 118 Å². The maximum Gasteiger partial charge on any atom is 0.329 e. The van der Waals surface area contributed by atoms with E-state index >= 15 is 0 Å². The molecular weight excluding hydrogens is 282 g/mol. The van der Waals surface area contributed by atoms with Crippen molar-refractivity contribution in [2.75, 3.05) is 23.8 Å². The number of nitro groups is 1. The van der Waals surface area contributed by atoms with E-state index in [-0.39, 0.29) is 24.1 Å². The van der Waals surface area contributed by atoms with E-state index in [1.807, 2.05) is 16.8 Å². The SMILES string of the molecule is Nc1nc(N(CCO)Cc2ccsc2)ncc1[N+](=O)[O-]. The van der Waals surface area contributed by atoms with E-state index in [0.717, 1.165) is 11.8 Å². The van der Waals surface area contributed by atoms with Gasteiger partial charge in [0.05, 0.1) is 11.5 Å². The number of nitrogens with zero attached hydrogens (tertiary/aromatic N) is 4. The van der Waals surface area contributed by atoms with Crippen molar-refractivity contribution in [3.8, 4) is 0 Å². The number of nitrogen functional groups attached to an aromatic ring is 1. The second-order valence-corrected chi connectivity index (χ2v) is 4.75. The zero-order chi connectivity index (χ0) is 14.5. The Morgan fingerprint density at radius 1 is 1.55 bits per heavy atom. The summed E-state index contributed by atoms with van der Waals surface area (Å²) in [6.07, 6.45) is 1.08. The quantitative estimate of drug-likeness (QED) is 0.603. The van der Waals surface area contributed by atoms with Crippen molar-refractivity contribution in [1.82, 2.24) is 9.97 Å². The van der Waals surface area contributed by atoms with Gasteiger partial charge in [-0.2, -0.15) is 16.3 Å². The summed E-state index contributed by atoms with van der Waals surface area (Å²) in [5.74, 6) is 0.0709. The van der Waals surface area contributed by atoms with E-state index in [1.54, 1.807) is 16.2 Å². The average Bonchev–Trinajstić information content (AvgIpc) is 2.90. The van der Waals surface area contributed by atoms with Gasteiger partial charge in [0.1, 0.15) is 6.20 Å². The van der Waals surface area contributed by atoms with Crippen molar-refractivity contribution >= 4 is 28.8 Å². The van der Waals surface area contributed by atoms with Gasteiger partial charge in [-0.25, -0.2) is 4.98 Å². The maximum atomic E-state index is 10.7. The monoisotopic (exact) mass is 295 g/mol. The molecule has 2 heterocycles. The van der Waals surface area contributed by atoms with Crippen molar-refractivity contribution in [3.05, 3.63) is 38.7 Å². The molecule has 3 N–H and O–H groups in total. The van der Waals surface area contributed by atoms with E-state index in [2.05, 4.69) is 9.97 Å². The van der Waals surface area contributed by atoms with E-state index < -0.39 is 4.92 Å². The third kappa shape index (κ3) is 3.19. The highest BCUT2D eigenvalue weighted by Crippen LogP contribution is 2.21. The van der Waals surface area contributed by atoms with Crippen LogP contribution >= 0.6 is 11.3 Å². The molecule has 20 heavy (non-hydrogen) atoms. The maximum absolute atomic E-state index is 10.7. The van der Waals surface area contributed by atoms with Gasteiger partial charge in [-0.1, -0.05) is 0 Å². The summed E-state index contributed by atoms with van der Waals surface area (Å²) < 4.78 is 0. The Morgan fingerprint density at radius 3 is 2.90 bits per heavy atom.